The zero-order valence-corrected chi connectivity index (χ0v) is 9.64. The number of benzene rings is 1. The van der Waals surface area contributed by atoms with Crippen LogP contribution < -0.4 is 0 Å². The lowest BCUT2D eigenvalue weighted by molar-refractivity contribution is -0.131. The molecule has 1 amide bonds. The number of hydrogen-bond acceptors (Lipinski definition) is 4. The molecule has 1 aromatic carbocycles. The molecule has 0 spiro atoms. The van der Waals surface area contributed by atoms with Gasteiger partial charge >= 0.3 is 5.97 Å². The first kappa shape index (κ1) is 12.7. The summed E-state index contributed by atoms with van der Waals surface area (Å²) < 4.78 is 4.81. The van der Waals surface area contributed by atoms with Gasteiger partial charge in [-0.1, -0.05) is 0 Å². The van der Waals surface area contributed by atoms with Crippen LogP contribution >= 0.6 is 0 Å². The second-order valence-corrected chi connectivity index (χ2v) is 3.55. The summed E-state index contributed by atoms with van der Waals surface area (Å²) in [7, 11) is 3.16. The van der Waals surface area contributed by atoms with Crippen molar-refractivity contribution in [2.45, 2.75) is 0 Å². The molecule has 0 saturated carbocycles. The van der Waals surface area contributed by atoms with Crippen LogP contribution in [0.15, 0.2) is 24.3 Å². The van der Waals surface area contributed by atoms with Gasteiger partial charge in [-0.3, -0.25) is 4.79 Å². The highest BCUT2D eigenvalue weighted by molar-refractivity contribution is 5.91. The molecule has 5 heteroatoms. The number of hydrogen-bond donors (Lipinski definition) is 0. The monoisotopic (exact) mass is 232 g/mol. The first-order chi connectivity index (χ1) is 8.04. The molecule has 1 rings (SSSR count). The molecule has 0 aromatic heterocycles. The van der Waals surface area contributed by atoms with E-state index in [0.29, 0.717) is 11.1 Å². The molecule has 17 heavy (non-hydrogen) atoms. The quantitative estimate of drug-likeness (QED) is 0.723. The first-order valence-corrected chi connectivity index (χ1v) is 4.92. The standard InChI is InChI=1S/C12H12N2O3/c1-14(2)11(15)8-17-12(16)10-5-3-9(7-13)4-6-10/h3-6H,8H2,1-2H3. The Hall–Kier alpha value is -2.35. The Morgan fingerprint density at radius 1 is 1.29 bits per heavy atom. The average molecular weight is 232 g/mol. The van der Waals surface area contributed by atoms with Gasteiger partial charge < -0.3 is 9.64 Å². The minimum Gasteiger partial charge on any atom is -0.452 e. The van der Waals surface area contributed by atoms with E-state index in [9.17, 15) is 9.59 Å². The Balaban J connectivity index is 2.59. The van der Waals surface area contributed by atoms with Crippen LogP contribution in [0.3, 0.4) is 0 Å². The molecule has 0 N–H and O–H groups in total. The fourth-order valence-corrected chi connectivity index (χ4v) is 1.02. The lowest BCUT2D eigenvalue weighted by atomic mass is 10.1. The van der Waals surface area contributed by atoms with E-state index in [-0.39, 0.29) is 12.5 Å². The summed E-state index contributed by atoms with van der Waals surface area (Å²) in [5.74, 6) is -0.864. The Morgan fingerprint density at radius 3 is 2.35 bits per heavy atom. The van der Waals surface area contributed by atoms with Gasteiger partial charge in [-0.2, -0.15) is 5.26 Å². The van der Waals surface area contributed by atoms with E-state index >= 15 is 0 Å². The van der Waals surface area contributed by atoms with Gasteiger partial charge in [0.15, 0.2) is 6.61 Å². The molecule has 0 heterocycles. The number of nitrogens with zero attached hydrogens (tertiary/aromatic N) is 2. The Morgan fingerprint density at radius 2 is 1.88 bits per heavy atom. The van der Waals surface area contributed by atoms with Crippen LogP contribution in [-0.4, -0.2) is 37.5 Å². The molecule has 0 unspecified atom stereocenters. The van der Waals surface area contributed by atoms with Gasteiger partial charge in [-0.15, -0.1) is 0 Å². The maximum atomic E-state index is 11.5. The molecular weight excluding hydrogens is 220 g/mol. The third-order valence-electron chi connectivity index (χ3n) is 2.08. The highest BCUT2D eigenvalue weighted by Gasteiger charge is 2.10. The summed E-state index contributed by atoms with van der Waals surface area (Å²) in [5, 5.41) is 8.59. The molecule has 1 aromatic rings. The number of esters is 1. The van der Waals surface area contributed by atoms with Crippen molar-refractivity contribution in [1.82, 2.24) is 4.90 Å². The third-order valence-corrected chi connectivity index (χ3v) is 2.08. The second-order valence-electron chi connectivity index (χ2n) is 3.55. The van der Waals surface area contributed by atoms with Crippen molar-refractivity contribution in [2.75, 3.05) is 20.7 Å². The lowest BCUT2D eigenvalue weighted by Crippen LogP contribution is -2.27. The molecule has 0 aliphatic carbocycles. The van der Waals surface area contributed by atoms with Crippen molar-refractivity contribution in [3.8, 4) is 6.07 Å². The zero-order chi connectivity index (χ0) is 12.8. The number of nitriles is 1. The Bertz CT molecular complexity index is 458. The molecule has 0 atom stereocenters. The number of amides is 1. The summed E-state index contributed by atoms with van der Waals surface area (Å²) in [5.41, 5.74) is 0.779. The molecule has 0 bridgehead atoms. The van der Waals surface area contributed by atoms with Gasteiger partial charge in [0, 0.05) is 14.1 Å². The van der Waals surface area contributed by atoms with Crippen molar-refractivity contribution in [3.63, 3.8) is 0 Å². The smallest absolute Gasteiger partial charge is 0.338 e. The molecule has 88 valence electrons. The summed E-state index contributed by atoms with van der Waals surface area (Å²) in [4.78, 5) is 24.0. The molecule has 5 nitrogen and oxygen atoms in total. The summed E-state index contributed by atoms with van der Waals surface area (Å²) in [6, 6.07) is 7.96. The van der Waals surface area contributed by atoms with Gasteiger partial charge in [-0.05, 0) is 24.3 Å². The second kappa shape index (κ2) is 5.66. The summed E-state index contributed by atoms with van der Waals surface area (Å²) in [6.07, 6.45) is 0. The molecule has 0 fully saturated rings. The van der Waals surface area contributed by atoms with Crippen molar-refractivity contribution in [2.24, 2.45) is 0 Å². The number of ether oxygens (including phenoxy) is 1. The van der Waals surface area contributed by atoms with E-state index in [2.05, 4.69) is 0 Å². The van der Waals surface area contributed by atoms with Crippen LogP contribution in [0, 0.1) is 11.3 Å². The van der Waals surface area contributed by atoms with Gasteiger partial charge in [0.2, 0.25) is 0 Å². The topological polar surface area (TPSA) is 70.4 Å². The van der Waals surface area contributed by atoms with Crippen molar-refractivity contribution >= 4 is 11.9 Å². The van der Waals surface area contributed by atoms with Crippen LogP contribution in [-0.2, 0) is 9.53 Å². The SMILES string of the molecule is CN(C)C(=O)COC(=O)c1ccc(C#N)cc1. The maximum absolute atomic E-state index is 11.5. The summed E-state index contributed by atoms with van der Waals surface area (Å²) >= 11 is 0. The third kappa shape index (κ3) is 3.61. The largest absolute Gasteiger partial charge is 0.452 e. The predicted molar refractivity (Wildman–Crippen MR) is 60.1 cm³/mol. The fourth-order valence-electron chi connectivity index (χ4n) is 1.02. The number of carbonyl (C=O) groups excluding carboxylic acids is 2. The Labute approximate surface area is 99.2 Å². The van der Waals surface area contributed by atoms with Crippen LogP contribution in [0.5, 0.6) is 0 Å². The molecule has 0 aliphatic heterocycles. The maximum Gasteiger partial charge on any atom is 0.338 e. The predicted octanol–water partition coefficient (Wildman–Crippen LogP) is 0.803. The van der Waals surface area contributed by atoms with Crippen LogP contribution in [0.2, 0.25) is 0 Å². The van der Waals surface area contributed by atoms with Crippen LogP contribution in [0.4, 0.5) is 0 Å². The highest BCUT2D eigenvalue weighted by atomic mass is 16.5. The van der Waals surface area contributed by atoms with Gasteiger partial charge in [0.1, 0.15) is 0 Å². The molecule has 0 aliphatic rings. The van der Waals surface area contributed by atoms with E-state index in [1.165, 1.54) is 29.2 Å². The van der Waals surface area contributed by atoms with Crippen LogP contribution in [0.25, 0.3) is 0 Å². The lowest BCUT2D eigenvalue weighted by Gasteiger charge is -2.10. The average Bonchev–Trinajstić information content (AvgIpc) is 2.35. The minimum atomic E-state index is -0.579. The van der Waals surface area contributed by atoms with E-state index < -0.39 is 5.97 Å². The van der Waals surface area contributed by atoms with E-state index in [1.807, 2.05) is 6.07 Å². The van der Waals surface area contributed by atoms with E-state index in [0.717, 1.165) is 0 Å². The normalized spacial score (nSPS) is 9.24. The van der Waals surface area contributed by atoms with E-state index in [4.69, 9.17) is 10.00 Å². The number of likely N-dealkylation sites (N-methyl/N-ethyl adjacent to an activating group) is 1. The van der Waals surface area contributed by atoms with Crippen molar-refractivity contribution < 1.29 is 14.3 Å². The molecule has 0 saturated heterocycles. The van der Waals surface area contributed by atoms with Crippen molar-refractivity contribution in [3.05, 3.63) is 35.4 Å². The fraction of sp³-hybridized carbons (Fsp3) is 0.250. The number of rotatable bonds is 3. The van der Waals surface area contributed by atoms with Gasteiger partial charge in [-0.25, -0.2) is 4.79 Å². The van der Waals surface area contributed by atoms with Crippen molar-refractivity contribution in [1.29, 1.82) is 5.26 Å². The highest BCUT2D eigenvalue weighted by Crippen LogP contribution is 2.05. The summed E-state index contributed by atoms with van der Waals surface area (Å²) in [6.45, 7) is -0.286. The van der Waals surface area contributed by atoms with Gasteiger partial charge in [0.05, 0.1) is 17.2 Å². The van der Waals surface area contributed by atoms with E-state index in [1.54, 1.807) is 14.1 Å². The van der Waals surface area contributed by atoms with Crippen LogP contribution in [0.1, 0.15) is 15.9 Å². The zero-order valence-electron chi connectivity index (χ0n) is 9.64. The molecular formula is C12H12N2O3. The molecule has 0 radical (unpaired) electrons. The minimum absolute atomic E-state index is 0.285. The first-order valence-electron chi connectivity index (χ1n) is 4.92. The Kier molecular flexibility index (Phi) is 4.23. The van der Waals surface area contributed by atoms with Gasteiger partial charge in [0.25, 0.3) is 5.91 Å². The number of carbonyl (C=O) groups is 2.